The lowest BCUT2D eigenvalue weighted by atomic mass is 9.92. The fraction of sp³-hybridized carbons (Fsp3) is 0.333. The number of ether oxygens (including phenoxy) is 1. The first-order valence-electron chi connectivity index (χ1n) is 9.30. The van der Waals surface area contributed by atoms with Gasteiger partial charge >= 0.3 is 12.2 Å². The van der Waals surface area contributed by atoms with Crippen LogP contribution in [-0.4, -0.2) is 37.7 Å². The van der Waals surface area contributed by atoms with Gasteiger partial charge in [-0.15, -0.1) is 0 Å². The number of nitrogens with one attached hydrogen (secondary N) is 2. The van der Waals surface area contributed by atoms with E-state index in [4.69, 9.17) is 4.74 Å². The predicted octanol–water partition coefficient (Wildman–Crippen LogP) is 2.15. The lowest BCUT2D eigenvalue weighted by molar-refractivity contribution is -0.901. The van der Waals surface area contributed by atoms with Crippen LogP contribution in [0.15, 0.2) is 48.5 Å². The number of rotatable bonds is 6. The van der Waals surface area contributed by atoms with Gasteiger partial charge in [-0.2, -0.15) is 13.2 Å². The number of amides is 3. The van der Waals surface area contributed by atoms with E-state index in [9.17, 15) is 22.8 Å². The number of quaternary nitrogens is 1. The quantitative estimate of drug-likeness (QED) is 0.702. The van der Waals surface area contributed by atoms with Crippen LogP contribution in [0.2, 0.25) is 0 Å². The van der Waals surface area contributed by atoms with Crippen LogP contribution in [-0.2, 0) is 23.1 Å². The van der Waals surface area contributed by atoms with Gasteiger partial charge in [-0.25, -0.2) is 9.69 Å². The third-order valence-corrected chi connectivity index (χ3v) is 5.14. The number of imide groups is 1. The van der Waals surface area contributed by atoms with E-state index in [1.807, 2.05) is 0 Å². The molecule has 1 fully saturated rings. The van der Waals surface area contributed by atoms with Crippen LogP contribution < -0.4 is 15.0 Å². The zero-order chi connectivity index (χ0) is 22.1. The SMILES string of the molecule is COc1cccc([C@@]2(C)NC(=O)N(C[NH+](C)Cc3ccc(C(F)(F)F)cc3)C2=O)c1. The number of urea groups is 1. The van der Waals surface area contributed by atoms with Gasteiger partial charge < -0.3 is 15.0 Å². The van der Waals surface area contributed by atoms with Crippen molar-refractivity contribution in [2.24, 2.45) is 0 Å². The molecule has 1 saturated heterocycles. The maximum absolute atomic E-state index is 13.0. The summed E-state index contributed by atoms with van der Waals surface area (Å²) in [5.74, 6) is 0.173. The molecule has 9 heteroatoms. The number of benzene rings is 2. The highest BCUT2D eigenvalue weighted by Gasteiger charge is 2.50. The summed E-state index contributed by atoms with van der Waals surface area (Å²) >= 11 is 0. The molecule has 1 aliphatic rings. The molecule has 0 bridgehead atoms. The summed E-state index contributed by atoms with van der Waals surface area (Å²) in [6.45, 7) is 2.06. The third-order valence-electron chi connectivity index (χ3n) is 5.14. The average Bonchev–Trinajstić information content (AvgIpc) is 2.92. The van der Waals surface area contributed by atoms with Gasteiger partial charge in [-0.05, 0) is 36.8 Å². The summed E-state index contributed by atoms with van der Waals surface area (Å²) in [5, 5.41) is 2.73. The van der Waals surface area contributed by atoms with Crippen molar-refractivity contribution in [1.29, 1.82) is 0 Å². The van der Waals surface area contributed by atoms with Crippen molar-refractivity contribution in [3.63, 3.8) is 0 Å². The van der Waals surface area contributed by atoms with Crippen molar-refractivity contribution >= 4 is 11.9 Å². The van der Waals surface area contributed by atoms with E-state index in [1.165, 1.54) is 19.2 Å². The van der Waals surface area contributed by atoms with Gasteiger partial charge in [0, 0.05) is 5.56 Å². The van der Waals surface area contributed by atoms with E-state index in [0.29, 0.717) is 23.4 Å². The lowest BCUT2D eigenvalue weighted by Crippen LogP contribution is -3.09. The van der Waals surface area contributed by atoms with E-state index in [1.54, 1.807) is 38.2 Å². The molecule has 0 aliphatic carbocycles. The molecule has 2 atom stereocenters. The van der Waals surface area contributed by atoms with Crippen LogP contribution in [0.1, 0.15) is 23.6 Å². The summed E-state index contributed by atoms with van der Waals surface area (Å²) in [6.07, 6.45) is -4.39. The summed E-state index contributed by atoms with van der Waals surface area (Å²) in [4.78, 5) is 27.4. The van der Waals surface area contributed by atoms with Crippen LogP contribution in [0.5, 0.6) is 5.75 Å². The third kappa shape index (κ3) is 4.25. The number of methoxy groups -OCH3 is 1. The number of carbonyl (C=O) groups excluding carboxylic acids is 2. The smallest absolute Gasteiger partial charge is 0.416 e. The molecule has 160 valence electrons. The van der Waals surface area contributed by atoms with E-state index in [-0.39, 0.29) is 6.67 Å². The normalized spacial score (nSPS) is 20.3. The molecular formula is C21H23F3N3O3+. The summed E-state index contributed by atoms with van der Waals surface area (Å²) in [7, 11) is 3.28. The van der Waals surface area contributed by atoms with Crippen molar-refractivity contribution in [2.45, 2.75) is 25.2 Å². The molecule has 6 nitrogen and oxygen atoms in total. The highest BCUT2D eigenvalue weighted by atomic mass is 19.4. The Morgan fingerprint density at radius 1 is 1.13 bits per heavy atom. The molecule has 1 heterocycles. The monoisotopic (exact) mass is 422 g/mol. The molecule has 2 N–H and O–H groups in total. The van der Waals surface area contributed by atoms with E-state index in [0.717, 1.165) is 21.9 Å². The van der Waals surface area contributed by atoms with Crippen molar-refractivity contribution in [2.75, 3.05) is 20.8 Å². The molecule has 0 saturated carbocycles. The topological polar surface area (TPSA) is 63.1 Å². The summed E-state index contributed by atoms with van der Waals surface area (Å²) in [6, 6.07) is 11.3. The Hall–Kier alpha value is -3.07. The fourth-order valence-electron chi connectivity index (χ4n) is 3.46. The predicted molar refractivity (Wildman–Crippen MR) is 103 cm³/mol. The molecule has 0 spiro atoms. The number of carbonyl (C=O) groups is 2. The van der Waals surface area contributed by atoms with Gasteiger partial charge in [0.1, 0.15) is 17.8 Å². The molecule has 1 aliphatic heterocycles. The van der Waals surface area contributed by atoms with Gasteiger partial charge in [0.15, 0.2) is 6.67 Å². The first-order valence-corrected chi connectivity index (χ1v) is 9.30. The van der Waals surface area contributed by atoms with Gasteiger partial charge in [0.05, 0.1) is 19.7 Å². The van der Waals surface area contributed by atoms with Gasteiger partial charge in [0.25, 0.3) is 5.91 Å². The van der Waals surface area contributed by atoms with Crippen LogP contribution in [0.25, 0.3) is 0 Å². The second-order valence-corrected chi connectivity index (χ2v) is 7.51. The van der Waals surface area contributed by atoms with Crippen LogP contribution in [0, 0.1) is 0 Å². The van der Waals surface area contributed by atoms with Crippen LogP contribution in [0.4, 0.5) is 18.0 Å². The highest BCUT2D eigenvalue weighted by Crippen LogP contribution is 2.31. The van der Waals surface area contributed by atoms with Gasteiger partial charge in [0.2, 0.25) is 0 Å². The molecule has 3 amide bonds. The summed E-state index contributed by atoms with van der Waals surface area (Å²) in [5.41, 5.74) is -0.668. The molecule has 3 rings (SSSR count). The number of alkyl halides is 3. The largest absolute Gasteiger partial charge is 0.497 e. The Balaban J connectivity index is 1.70. The lowest BCUT2D eigenvalue weighted by Gasteiger charge is -2.23. The molecule has 1 unspecified atom stereocenters. The summed E-state index contributed by atoms with van der Waals surface area (Å²) < 4.78 is 43.3. The molecule has 0 radical (unpaired) electrons. The number of hydrogen-bond acceptors (Lipinski definition) is 3. The van der Waals surface area contributed by atoms with Gasteiger partial charge in [-0.3, -0.25) is 4.79 Å². The standard InChI is InChI=1S/C21H22F3N3O3/c1-20(16-5-4-6-17(11-16)30-3)18(28)27(19(29)25-20)13-26(2)12-14-7-9-15(10-8-14)21(22,23)24/h4-11H,12-13H2,1-3H3,(H,25,29)/p+1/t20-/m1/s1. The van der Waals surface area contributed by atoms with Gasteiger partial charge in [-0.1, -0.05) is 24.3 Å². The van der Waals surface area contributed by atoms with Crippen LogP contribution in [0.3, 0.4) is 0 Å². The molecule has 2 aromatic rings. The zero-order valence-corrected chi connectivity index (χ0v) is 16.8. The van der Waals surface area contributed by atoms with Crippen molar-refractivity contribution < 1.29 is 32.4 Å². The minimum Gasteiger partial charge on any atom is -0.497 e. The molecule has 30 heavy (non-hydrogen) atoms. The minimum absolute atomic E-state index is 0.0747. The second-order valence-electron chi connectivity index (χ2n) is 7.51. The van der Waals surface area contributed by atoms with Crippen molar-refractivity contribution in [3.8, 4) is 5.75 Å². The van der Waals surface area contributed by atoms with Crippen molar-refractivity contribution in [3.05, 3.63) is 65.2 Å². The number of hydrogen-bond donors (Lipinski definition) is 2. The highest BCUT2D eigenvalue weighted by molar-refractivity contribution is 6.07. The first-order chi connectivity index (χ1) is 14.0. The van der Waals surface area contributed by atoms with E-state index >= 15 is 0 Å². The Kier molecular flexibility index (Phi) is 5.76. The van der Waals surface area contributed by atoms with Crippen molar-refractivity contribution in [1.82, 2.24) is 10.2 Å². The molecular weight excluding hydrogens is 399 g/mol. The maximum Gasteiger partial charge on any atom is 0.416 e. The van der Waals surface area contributed by atoms with E-state index < -0.39 is 29.2 Å². The molecule has 0 aromatic heterocycles. The number of nitrogens with zero attached hydrogens (tertiary/aromatic N) is 1. The molecule has 2 aromatic carbocycles. The average molecular weight is 422 g/mol. The Morgan fingerprint density at radius 3 is 2.40 bits per heavy atom. The zero-order valence-electron chi connectivity index (χ0n) is 16.8. The maximum atomic E-state index is 13.0. The Bertz CT molecular complexity index is 947. The van der Waals surface area contributed by atoms with E-state index in [2.05, 4.69) is 5.32 Å². The minimum atomic E-state index is -4.39. The van der Waals surface area contributed by atoms with Crippen LogP contribution >= 0.6 is 0 Å². The number of halogens is 3. The Labute approximate surface area is 172 Å². The second kappa shape index (κ2) is 7.98. The Morgan fingerprint density at radius 2 is 1.80 bits per heavy atom. The first kappa shape index (κ1) is 21.6. The fourth-order valence-corrected chi connectivity index (χ4v) is 3.46.